The Balaban J connectivity index is 1.72. The predicted molar refractivity (Wildman–Crippen MR) is 79.8 cm³/mol. The fourth-order valence-corrected chi connectivity index (χ4v) is 1.99. The highest BCUT2D eigenvalue weighted by atomic mass is 16.2. The summed E-state index contributed by atoms with van der Waals surface area (Å²) in [6.45, 7) is 0. The van der Waals surface area contributed by atoms with Gasteiger partial charge in [-0.25, -0.2) is 5.43 Å². The van der Waals surface area contributed by atoms with Crippen LogP contribution in [-0.2, 0) is 0 Å². The molecule has 0 saturated carbocycles. The van der Waals surface area contributed by atoms with E-state index in [1.807, 2.05) is 36.4 Å². The molecule has 3 rings (SSSR count). The fourth-order valence-electron chi connectivity index (χ4n) is 1.99. The molecule has 0 aliphatic rings. The van der Waals surface area contributed by atoms with Gasteiger partial charge in [-0.3, -0.25) is 4.79 Å². The van der Waals surface area contributed by atoms with Crippen molar-refractivity contribution in [2.45, 2.75) is 0 Å². The van der Waals surface area contributed by atoms with E-state index in [0.717, 1.165) is 10.9 Å². The zero-order chi connectivity index (χ0) is 13.8. The van der Waals surface area contributed by atoms with Crippen LogP contribution in [0, 0.1) is 0 Å². The molecule has 0 aliphatic carbocycles. The van der Waals surface area contributed by atoms with Crippen molar-refractivity contribution in [1.29, 1.82) is 0 Å². The van der Waals surface area contributed by atoms with Gasteiger partial charge in [0, 0.05) is 6.20 Å². The molecule has 0 spiro atoms. The summed E-state index contributed by atoms with van der Waals surface area (Å²) in [5.74, 6) is -0.257. The normalized spacial score (nSPS) is 11.0. The summed E-state index contributed by atoms with van der Waals surface area (Å²) in [6, 6.07) is 17.6. The van der Waals surface area contributed by atoms with Gasteiger partial charge in [0.15, 0.2) is 0 Å². The molecule has 0 fully saturated rings. The van der Waals surface area contributed by atoms with Crippen LogP contribution < -0.4 is 5.43 Å². The number of aromatic nitrogens is 1. The first-order valence-electron chi connectivity index (χ1n) is 6.28. The Morgan fingerprint density at radius 3 is 2.70 bits per heavy atom. The highest BCUT2D eigenvalue weighted by molar-refractivity contribution is 5.94. The second-order valence-electron chi connectivity index (χ2n) is 4.39. The van der Waals surface area contributed by atoms with Gasteiger partial charge in [0.25, 0.3) is 5.91 Å². The number of H-pyrrole nitrogens is 1. The summed E-state index contributed by atoms with van der Waals surface area (Å²) >= 11 is 0. The standard InChI is InChI=1S/C16H13N3O/c20-16(15-6-3-9-17-15)19-18-11-12-7-8-13-4-1-2-5-14(13)10-12/h1-11,17H,(H,19,20)/b18-11-. The summed E-state index contributed by atoms with van der Waals surface area (Å²) in [5.41, 5.74) is 3.91. The largest absolute Gasteiger partial charge is 0.357 e. The van der Waals surface area contributed by atoms with E-state index in [0.29, 0.717) is 5.69 Å². The van der Waals surface area contributed by atoms with Gasteiger partial charge < -0.3 is 4.98 Å². The molecule has 0 aliphatic heterocycles. The maximum Gasteiger partial charge on any atom is 0.287 e. The molecular formula is C16H13N3O. The van der Waals surface area contributed by atoms with Crippen LogP contribution in [-0.4, -0.2) is 17.1 Å². The number of carbonyl (C=O) groups is 1. The third-order valence-electron chi connectivity index (χ3n) is 3.00. The van der Waals surface area contributed by atoms with Crippen molar-refractivity contribution in [3.05, 3.63) is 72.1 Å². The Labute approximate surface area is 116 Å². The van der Waals surface area contributed by atoms with E-state index in [1.165, 1.54) is 5.39 Å². The molecule has 20 heavy (non-hydrogen) atoms. The molecule has 0 radical (unpaired) electrons. The Hall–Kier alpha value is -2.88. The lowest BCUT2D eigenvalue weighted by molar-refractivity contribution is 0.0951. The van der Waals surface area contributed by atoms with Gasteiger partial charge in [-0.05, 0) is 34.5 Å². The highest BCUT2D eigenvalue weighted by Crippen LogP contribution is 2.14. The van der Waals surface area contributed by atoms with Crippen LogP contribution in [0.1, 0.15) is 16.1 Å². The maximum atomic E-state index is 11.7. The van der Waals surface area contributed by atoms with Crippen LogP contribution >= 0.6 is 0 Å². The van der Waals surface area contributed by atoms with E-state index < -0.39 is 0 Å². The van der Waals surface area contributed by atoms with E-state index in [-0.39, 0.29) is 5.91 Å². The minimum atomic E-state index is -0.257. The monoisotopic (exact) mass is 263 g/mol. The molecule has 1 aromatic heterocycles. The number of rotatable bonds is 3. The zero-order valence-corrected chi connectivity index (χ0v) is 10.7. The quantitative estimate of drug-likeness (QED) is 0.554. The number of nitrogens with one attached hydrogen (secondary N) is 2. The molecule has 2 N–H and O–H groups in total. The smallest absolute Gasteiger partial charge is 0.287 e. The van der Waals surface area contributed by atoms with Gasteiger partial charge in [0.1, 0.15) is 5.69 Å². The number of hydrazone groups is 1. The van der Waals surface area contributed by atoms with Crippen molar-refractivity contribution < 1.29 is 4.79 Å². The second-order valence-corrected chi connectivity index (χ2v) is 4.39. The molecule has 0 unspecified atom stereocenters. The molecule has 4 heteroatoms. The first-order chi connectivity index (χ1) is 9.83. The molecule has 4 nitrogen and oxygen atoms in total. The molecule has 0 bridgehead atoms. The maximum absolute atomic E-state index is 11.7. The Morgan fingerprint density at radius 1 is 1.05 bits per heavy atom. The SMILES string of the molecule is O=C(N/N=C\c1ccc2ccccc2c1)c1ccc[nH]1. The average Bonchev–Trinajstić information content (AvgIpc) is 3.01. The average molecular weight is 263 g/mol. The number of hydrogen-bond acceptors (Lipinski definition) is 2. The van der Waals surface area contributed by atoms with E-state index in [4.69, 9.17) is 0 Å². The van der Waals surface area contributed by atoms with Crippen LogP contribution in [0.15, 0.2) is 65.9 Å². The molecule has 0 atom stereocenters. The van der Waals surface area contributed by atoms with E-state index in [2.05, 4.69) is 21.6 Å². The number of nitrogens with zero attached hydrogens (tertiary/aromatic N) is 1. The lowest BCUT2D eigenvalue weighted by Crippen LogP contribution is -2.17. The first-order valence-corrected chi connectivity index (χ1v) is 6.28. The van der Waals surface area contributed by atoms with Crippen LogP contribution in [0.5, 0.6) is 0 Å². The summed E-state index contributed by atoms with van der Waals surface area (Å²) < 4.78 is 0. The summed E-state index contributed by atoms with van der Waals surface area (Å²) in [6.07, 6.45) is 3.33. The third kappa shape index (κ3) is 2.59. The summed E-state index contributed by atoms with van der Waals surface area (Å²) in [5, 5.41) is 6.29. The van der Waals surface area contributed by atoms with Crippen molar-refractivity contribution in [3.63, 3.8) is 0 Å². The Kier molecular flexibility index (Phi) is 3.29. The number of benzene rings is 2. The van der Waals surface area contributed by atoms with E-state index in [1.54, 1.807) is 24.5 Å². The third-order valence-corrected chi connectivity index (χ3v) is 3.00. The van der Waals surface area contributed by atoms with Crippen LogP contribution in [0.25, 0.3) is 10.8 Å². The topological polar surface area (TPSA) is 57.2 Å². The van der Waals surface area contributed by atoms with Crippen LogP contribution in [0.2, 0.25) is 0 Å². The minimum absolute atomic E-state index is 0.257. The number of carbonyl (C=O) groups excluding carboxylic acids is 1. The lowest BCUT2D eigenvalue weighted by atomic mass is 10.1. The van der Waals surface area contributed by atoms with Gasteiger partial charge in [0.05, 0.1) is 6.21 Å². The minimum Gasteiger partial charge on any atom is -0.357 e. The van der Waals surface area contributed by atoms with Gasteiger partial charge in [0.2, 0.25) is 0 Å². The van der Waals surface area contributed by atoms with Crippen LogP contribution in [0.3, 0.4) is 0 Å². The molecule has 0 saturated heterocycles. The Morgan fingerprint density at radius 2 is 1.90 bits per heavy atom. The van der Waals surface area contributed by atoms with Crippen molar-refractivity contribution in [3.8, 4) is 0 Å². The molecule has 1 heterocycles. The van der Waals surface area contributed by atoms with Crippen molar-refractivity contribution >= 4 is 22.9 Å². The number of amides is 1. The fraction of sp³-hybridized carbons (Fsp3) is 0. The number of aromatic amines is 1. The second kappa shape index (κ2) is 5.40. The highest BCUT2D eigenvalue weighted by Gasteiger charge is 2.02. The van der Waals surface area contributed by atoms with Gasteiger partial charge >= 0.3 is 0 Å². The predicted octanol–water partition coefficient (Wildman–Crippen LogP) is 2.93. The van der Waals surface area contributed by atoms with Gasteiger partial charge in [-0.1, -0.05) is 36.4 Å². The van der Waals surface area contributed by atoms with Crippen molar-refractivity contribution in [2.24, 2.45) is 5.10 Å². The summed E-state index contributed by atoms with van der Waals surface area (Å²) in [4.78, 5) is 14.5. The number of fused-ring (bicyclic) bond motifs is 1. The molecule has 3 aromatic rings. The summed E-state index contributed by atoms with van der Waals surface area (Å²) in [7, 11) is 0. The Bertz CT molecular complexity index is 760. The van der Waals surface area contributed by atoms with E-state index in [9.17, 15) is 4.79 Å². The molecule has 1 amide bonds. The van der Waals surface area contributed by atoms with Gasteiger partial charge in [-0.2, -0.15) is 5.10 Å². The molecule has 2 aromatic carbocycles. The van der Waals surface area contributed by atoms with Crippen molar-refractivity contribution in [2.75, 3.05) is 0 Å². The van der Waals surface area contributed by atoms with Gasteiger partial charge in [-0.15, -0.1) is 0 Å². The first kappa shape index (κ1) is 12.2. The van der Waals surface area contributed by atoms with Crippen molar-refractivity contribution in [1.82, 2.24) is 10.4 Å². The molecular weight excluding hydrogens is 250 g/mol. The van der Waals surface area contributed by atoms with Crippen LogP contribution in [0.4, 0.5) is 0 Å². The van der Waals surface area contributed by atoms with E-state index >= 15 is 0 Å². The molecule has 98 valence electrons. The number of hydrogen-bond donors (Lipinski definition) is 2. The lowest BCUT2D eigenvalue weighted by Gasteiger charge is -1.99. The zero-order valence-electron chi connectivity index (χ0n) is 10.7.